The first-order chi connectivity index (χ1) is 8.36. The number of allylic oxidation sites excluding steroid dienone is 1. The molecule has 1 aromatic carbocycles. The van der Waals surface area contributed by atoms with Gasteiger partial charge in [-0.05, 0) is 43.5 Å². The van der Waals surface area contributed by atoms with Crippen molar-refractivity contribution in [1.82, 2.24) is 0 Å². The second-order valence-corrected chi connectivity index (χ2v) is 3.63. The second-order valence-electron chi connectivity index (χ2n) is 3.63. The van der Waals surface area contributed by atoms with Crippen molar-refractivity contribution in [2.45, 2.75) is 19.3 Å². The number of unbranched alkanes of at least 4 members (excludes halogenated alkanes) is 2. The Morgan fingerprint density at radius 3 is 2.59 bits per heavy atom. The van der Waals surface area contributed by atoms with Crippen molar-refractivity contribution in [3.05, 3.63) is 42.0 Å². The van der Waals surface area contributed by atoms with Crippen molar-refractivity contribution in [3.63, 3.8) is 0 Å². The SMILES string of the molecule is N#Cc1ccc(OCCCC/C=C/CO)cc1. The minimum Gasteiger partial charge on any atom is -0.494 e. The third-order valence-corrected chi connectivity index (χ3v) is 2.29. The zero-order valence-corrected chi connectivity index (χ0v) is 9.80. The summed E-state index contributed by atoms with van der Waals surface area (Å²) in [5, 5.41) is 17.2. The molecule has 0 spiro atoms. The summed E-state index contributed by atoms with van der Waals surface area (Å²) in [5.41, 5.74) is 0.645. The molecule has 0 amide bonds. The average Bonchev–Trinajstić information content (AvgIpc) is 2.38. The Balaban J connectivity index is 2.14. The van der Waals surface area contributed by atoms with Gasteiger partial charge in [-0.15, -0.1) is 0 Å². The molecule has 1 aromatic rings. The molecular weight excluding hydrogens is 214 g/mol. The van der Waals surface area contributed by atoms with Crippen LogP contribution >= 0.6 is 0 Å². The van der Waals surface area contributed by atoms with Crippen LogP contribution in [-0.4, -0.2) is 18.3 Å². The van der Waals surface area contributed by atoms with Gasteiger partial charge in [0.1, 0.15) is 5.75 Å². The van der Waals surface area contributed by atoms with Gasteiger partial charge in [0.15, 0.2) is 0 Å². The van der Waals surface area contributed by atoms with E-state index in [1.807, 2.05) is 18.2 Å². The van der Waals surface area contributed by atoms with Crippen LogP contribution in [0.25, 0.3) is 0 Å². The Bertz CT molecular complexity index is 376. The van der Waals surface area contributed by atoms with Gasteiger partial charge in [0.25, 0.3) is 0 Å². The first-order valence-electron chi connectivity index (χ1n) is 5.75. The first kappa shape index (κ1) is 13.3. The summed E-state index contributed by atoms with van der Waals surface area (Å²) in [5.74, 6) is 0.801. The van der Waals surface area contributed by atoms with E-state index in [0.29, 0.717) is 12.2 Å². The van der Waals surface area contributed by atoms with Crippen molar-refractivity contribution in [2.24, 2.45) is 0 Å². The van der Waals surface area contributed by atoms with Crippen LogP contribution < -0.4 is 4.74 Å². The monoisotopic (exact) mass is 231 g/mol. The van der Waals surface area contributed by atoms with E-state index < -0.39 is 0 Å². The van der Waals surface area contributed by atoms with Crippen LogP contribution in [0.3, 0.4) is 0 Å². The van der Waals surface area contributed by atoms with E-state index in [2.05, 4.69) is 6.07 Å². The molecule has 0 aliphatic heterocycles. The van der Waals surface area contributed by atoms with Gasteiger partial charge >= 0.3 is 0 Å². The molecule has 0 saturated carbocycles. The van der Waals surface area contributed by atoms with Crippen LogP contribution in [0.4, 0.5) is 0 Å². The molecule has 0 unspecified atom stereocenters. The Morgan fingerprint density at radius 1 is 1.18 bits per heavy atom. The molecule has 0 aromatic heterocycles. The van der Waals surface area contributed by atoms with E-state index >= 15 is 0 Å². The first-order valence-corrected chi connectivity index (χ1v) is 5.75. The van der Waals surface area contributed by atoms with E-state index in [-0.39, 0.29) is 6.61 Å². The quantitative estimate of drug-likeness (QED) is 0.579. The van der Waals surface area contributed by atoms with Crippen molar-refractivity contribution in [2.75, 3.05) is 13.2 Å². The summed E-state index contributed by atoms with van der Waals surface area (Å²) in [4.78, 5) is 0. The number of hydrogen-bond donors (Lipinski definition) is 1. The van der Waals surface area contributed by atoms with E-state index in [0.717, 1.165) is 25.0 Å². The lowest BCUT2D eigenvalue weighted by atomic mass is 10.2. The molecule has 1 rings (SSSR count). The van der Waals surface area contributed by atoms with Crippen LogP contribution in [0.15, 0.2) is 36.4 Å². The fourth-order valence-electron chi connectivity index (χ4n) is 1.37. The Kier molecular flexibility index (Phi) is 6.54. The molecule has 90 valence electrons. The Hall–Kier alpha value is -1.79. The second kappa shape index (κ2) is 8.37. The lowest BCUT2D eigenvalue weighted by Gasteiger charge is -2.05. The summed E-state index contributed by atoms with van der Waals surface area (Å²) >= 11 is 0. The number of aliphatic hydroxyl groups excluding tert-OH is 1. The van der Waals surface area contributed by atoms with Crippen molar-refractivity contribution >= 4 is 0 Å². The molecule has 1 N–H and O–H groups in total. The van der Waals surface area contributed by atoms with Crippen LogP contribution in [0, 0.1) is 11.3 Å². The summed E-state index contributed by atoms with van der Waals surface area (Å²) in [6.45, 7) is 0.792. The highest BCUT2D eigenvalue weighted by molar-refractivity contribution is 5.34. The molecule has 3 nitrogen and oxygen atoms in total. The molecule has 0 aliphatic rings. The molecule has 0 atom stereocenters. The van der Waals surface area contributed by atoms with Gasteiger partial charge < -0.3 is 9.84 Å². The molecule has 0 heterocycles. The minimum atomic E-state index is 0.113. The molecule has 0 radical (unpaired) electrons. The maximum absolute atomic E-state index is 8.63. The van der Waals surface area contributed by atoms with Gasteiger partial charge in [0.2, 0.25) is 0 Å². The smallest absolute Gasteiger partial charge is 0.119 e. The maximum atomic E-state index is 8.63. The molecule has 17 heavy (non-hydrogen) atoms. The lowest BCUT2D eigenvalue weighted by Crippen LogP contribution is -1.96. The van der Waals surface area contributed by atoms with Crippen LogP contribution in [0.1, 0.15) is 24.8 Å². The standard InChI is InChI=1S/C14H17NO2/c15-12-13-6-8-14(9-7-13)17-11-5-3-1-2-4-10-16/h2,4,6-9,16H,1,3,5,10-11H2/b4-2+. The van der Waals surface area contributed by atoms with E-state index in [4.69, 9.17) is 15.1 Å². The molecular formula is C14H17NO2. The lowest BCUT2D eigenvalue weighted by molar-refractivity contribution is 0.307. The predicted molar refractivity (Wildman–Crippen MR) is 66.7 cm³/mol. The van der Waals surface area contributed by atoms with Gasteiger partial charge in [-0.1, -0.05) is 12.2 Å². The number of nitrogens with zero attached hydrogens (tertiary/aromatic N) is 1. The summed E-state index contributed by atoms with van der Waals surface area (Å²) in [6, 6.07) is 9.18. The largest absolute Gasteiger partial charge is 0.494 e. The average molecular weight is 231 g/mol. The molecule has 0 aliphatic carbocycles. The fraction of sp³-hybridized carbons (Fsp3) is 0.357. The van der Waals surface area contributed by atoms with E-state index in [1.54, 1.807) is 18.2 Å². The normalized spacial score (nSPS) is 10.4. The van der Waals surface area contributed by atoms with E-state index in [1.165, 1.54) is 0 Å². The highest BCUT2D eigenvalue weighted by Crippen LogP contribution is 2.12. The van der Waals surface area contributed by atoms with Gasteiger partial charge in [-0.2, -0.15) is 5.26 Å². The highest BCUT2D eigenvalue weighted by atomic mass is 16.5. The van der Waals surface area contributed by atoms with E-state index in [9.17, 15) is 0 Å². The summed E-state index contributed by atoms with van der Waals surface area (Å²) in [6.07, 6.45) is 6.73. The number of aliphatic hydroxyl groups is 1. The third-order valence-electron chi connectivity index (χ3n) is 2.29. The number of ether oxygens (including phenoxy) is 1. The Morgan fingerprint density at radius 2 is 1.94 bits per heavy atom. The van der Waals surface area contributed by atoms with Crippen LogP contribution in [0.5, 0.6) is 5.75 Å². The predicted octanol–water partition coefficient (Wildman–Crippen LogP) is 2.66. The molecule has 0 bridgehead atoms. The van der Waals surface area contributed by atoms with Gasteiger partial charge in [-0.3, -0.25) is 0 Å². The molecule has 0 fully saturated rings. The summed E-state index contributed by atoms with van der Waals surface area (Å²) in [7, 11) is 0. The van der Waals surface area contributed by atoms with Crippen LogP contribution in [0.2, 0.25) is 0 Å². The number of benzene rings is 1. The maximum Gasteiger partial charge on any atom is 0.119 e. The number of rotatable bonds is 7. The topological polar surface area (TPSA) is 53.2 Å². The summed E-state index contributed by atoms with van der Waals surface area (Å²) < 4.78 is 5.53. The number of hydrogen-bond acceptors (Lipinski definition) is 3. The van der Waals surface area contributed by atoms with Crippen LogP contribution in [-0.2, 0) is 0 Å². The van der Waals surface area contributed by atoms with Crippen molar-refractivity contribution in [3.8, 4) is 11.8 Å². The highest BCUT2D eigenvalue weighted by Gasteiger charge is 1.94. The third kappa shape index (κ3) is 5.74. The minimum absolute atomic E-state index is 0.113. The fourth-order valence-corrected chi connectivity index (χ4v) is 1.37. The van der Waals surface area contributed by atoms with Gasteiger partial charge in [0.05, 0.1) is 24.8 Å². The van der Waals surface area contributed by atoms with Gasteiger partial charge in [0, 0.05) is 0 Å². The van der Waals surface area contributed by atoms with Crippen molar-refractivity contribution in [1.29, 1.82) is 5.26 Å². The molecule has 3 heteroatoms. The number of nitriles is 1. The van der Waals surface area contributed by atoms with Gasteiger partial charge in [-0.25, -0.2) is 0 Å². The molecule has 0 saturated heterocycles. The zero-order valence-electron chi connectivity index (χ0n) is 9.80. The van der Waals surface area contributed by atoms with Crippen molar-refractivity contribution < 1.29 is 9.84 Å². The zero-order chi connectivity index (χ0) is 12.3. The Labute approximate surface area is 102 Å².